The van der Waals surface area contributed by atoms with Crippen molar-refractivity contribution in [3.05, 3.63) is 60.7 Å². The molecule has 1 aliphatic rings. The quantitative estimate of drug-likeness (QED) is 0.634. The molecule has 126 valence electrons. The van der Waals surface area contributed by atoms with Gasteiger partial charge in [-0.2, -0.15) is 0 Å². The van der Waals surface area contributed by atoms with Gasteiger partial charge in [-0.05, 0) is 15.4 Å². The lowest BCUT2D eigenvalue weighted by Crippen LogP contribution is -2.67. The number of hydrogen-bond donors (Lipinski definition) is 0. The van der Waals surface area contributed by atoms with Crippen molar-refractivity contribution in [3.8, 4) is 0 Å². The van der Waals surface area contributed by atoms with Crippen LogP contribution in [-0.4, -0.2) is 27.0 Å². The van der Waals surface area contributed by atoms with Crippen molar-refractivity contribution in [1.82, 2.24) is 0 Å². The van der Waals surface area contributed by atoms with Crippen LogP contribution in [0.5, 0.6) is 0 Å². The third-order valence-corrected chi connectivity index (χ3v) is 9.68. The van der Waals surface area contributed by atoms with Gasteiger partial charge in [0, 0.05) is 0 Å². The van der Waals surface area contributed by atoms with Gasteiger partial charge in [0.25, 0.3) is 8.32 Å². The van der Waals surface area contributed by atoms with Gasteiger partial charge in [0.1, 0.15) is 6.61 Å². The van der Waals surface area contributed by atoms with E-state index in [2.05, 4.69) is 69.3 Å². The Hall–Kier alpha value is -1.91. The third kappa shape index (κ3) is 3.04. The van der Waals surface area contributed by atoms with E-state index < -0.39 is 8.32 Å². The van der Waals surface area contributed by atoms with E-state index in [4.69, 9.17) is 9.16 Å². The Labute approximate surface area is 144 Å². The predicted molar refractivity (Wildman–Crippen MR) is 98.1 cm³/mol. The molecule has 0 amide bonds. The fourth-order valence-corrected chi connectivity index (χ4v) is 8.17. The Kier molecular flexibility index (Phi) is 4.61. The minimum absolute atomic E-state index is 0.0820. The second kappa shape index (κ2) is 6.53. The maximum Gasteiger partial charge on any atom is 0.308 e. The highest BCUT2D eigenvalue weighted by molar-refractivity contribution is 6.99. The van der Waals surface area contributed by atoms with Crippen LogP contribution in [-0.2, 0) is 14.0 Å². The van der Waals surface area contributed by atoms with E-state index in [1.165, 1.54) is 10.4 Å². The fourth-order valence-electron chi connectivity index (χ4n) is 3.51. The van der Waals surface area contributed by atoms with Crippen molar-refractivity contribution < 1.29 is 14.0 Å². The normalized spacial score (nSPS) is 18.5. The molecule has 2 aromatic carbocycles. The van der Waals surface area contributed by atoms with Gasteiger partial charge in [-0.15, -0.1) is 0 Å². The molecule has 1 fully saturated rings. The maximum absolute atomic E-state index is 11.6. The lowest BCUT2D eigenvalue weighted by atomic mass is 10.2. The van der Waals surface area contributed by atoms with Gasteiger partial charge >= 0.3 is 5.97 Å². The second-order valence-electron chi connectivity index (χ2n) is 7.29. The van der Waals surface area contributed by atoms with Crippen LogP contribution >= 0.6 is 0 Å². The number of rotatable bonds is 4. The van der Waals surface area contributed by atoms with Crippen molar-refractivity contribution >= 4 is 24.7 Å². The molecule has 0 radical (unpaired) electrons. The highest BCUT2D eigenvalue weighted by Gasteiger charge is 2.52. The number of esters is 1. The molecule has 3 nitrogen and oxygen atoms in total. The van der Waals surface area contributed by atoms with Crippen LogP contribution in [0.3, 0.4) is 0 Å². The average Bonchev–Trinajstić information content (AvgIpc) is 2.98. The molecule has 3 rings (SSSR count). The molecule has 0 aromatic heterocycles. The molecule has 0 aliphatic carbocycles. The van der Waals surface area contributed by atoms with E-state index >= 15 is 0 Å². The Morgan fingerprint density at radius 1 is 0.958 bits per heavy atom. The summed E-state index contributed by atoms with van der Waals surface area (Å²) in [6.07, 6.45) is 0.161. The first-order valence-corrected chi connectivity index (χ1v) is 10.3. The zero-order chi connectivity index (χ0) is 17.2. The summed E-state index contributed by atoms with van der Waals surface area (Å²) in [4.78, 5) is 11.6. The molecule has 2 aromatic rings. The highest BCUT2D eigenvalue weighted by Crippen LogP contribution is 2.38. The molecule has 1 atom stereocenters. The van der Waals surface area contributed by atoms with Crippen LogP contribution in [0.1, 0.15) is 27.2 Å². The maximum atomic E-state index is 11.6. The third-order valence-electron chi connectivity index (χ3n) is 4.58. The molecule has 0 saturated carbocycles. The fraction of sp³-hybridized carbons (Fsp3) is 0.350. The number of hydrogen-bond acceptors (Lipinski definition) is 3. The van der Waals surface area contributed by atoms with Crippen molar-refractivity contribution in [2.24, 2.45) is 0 Å². The van der Waals surface area contributed by atoms with Gasteiger partial charge in [0.15, 0.2) is 0 Å². The van der Waals surface area contributed by atoms with Gasteiger partial charge in [0.05, 0.1) is 12.5 Å². The van der Waals surface area contributed by atoms with Gasteiger partial charge in [-0.1, -0.05) is 81.4 Å². The highest BCUT2D eigenvalue weighted by atomic mass is 28.4. The minimum Gasteiger partial charge on any atom is -0.463 e. The molecule has 0 N–H and O–H groups in total. The second-order valence-corrected chi connectivity index (χ2v) is 11.5. The molecule has 1 saturated heterocycles. The zero-order valence-electron chi connectivity index (χ0n) is 14.5. The van der Waals surface area contributed by atoms with E-state index in [1.807, 2.05) is 12.1 Å². The van der Waals surface area contributed by atoms with Crippen molar-refractivity contribution in [2.45, 2.75) is 38.3 Å². The first kappa shape index (κ1) is 16.9. The molecule has 1 heterocycles. The summed E-state index contributed by atoms with van der Waals surface area (Å²) in [5.74, 6) is -0.169. The smallest absolute Gasteiger partial charge is 0.308 e. The molecule has 1 aliphatic heterocycles. The number of benzene rings is 2. The first-order valence-electron chi connectivity index (χ1n) is 8.38. The number of ether oxygens (including phenoxy) is 1. The summed E-state index contributed by atoms with van der Waals surface area (Å²) in [7, 11) is -2.58. The van der Waals surface area contributed by atoms with E-state index in [0.717, 1.165) is 0 Å². The SMILES string of the molecule is CC(C)(C)[Si](O[C@@H]1COC(=O)C1)(c1ccccc1)c1ccccc1. The lowest BCUT2D eigenvalue weighted by molar-refractivity contribution is -0.137. The van der Waals surface area contributed by atoms with Gasteiger partial charge in [-0.25, -0.2) is 0 Å². The van der Waals surface area contributed by atoms with Gasteiger partial charge in [-0.3, -0.25) is 4.79 Å². The standard InChI is InChI=1S/C20H24O3Si/c1-20(2,3)24(17-10-6-4-7-11-17,18-12-8-5-9-13-18)23-16-14-19(21)22-15-16/h4-13,16H,14-15H2,1-3H3/t16-/m0/s1. The van der Waals surface area contributed by atoms with Crippen LogP contribution in [0.15, 0.2) is 60.7 Å². The summed E-state index contributed by atoms with van der Waals surface area (Å²) in [5.41, 5.74) is 0. The largest absolute Gasteiger partial charge is 0.463 e. The number of carbonyl (C=O) groups excluding carboxylic acids is 1. The summed E-state index contributed by atoms with van der Waals surface area (Å²) >= 11 is 0. The van der Waals surface area contributed by atoms with E-state index in [9.17, 15) is 4.79 Å². The molecule has 24 heavy (non-hydrogen) atoms. The summed E-state index contributed by atoms with van der Waals surface area (Å²) in [6, 6.07) is 20.9. The van der Waals surface area contributed by atoms with Crippen molar-refractivity contribution in [3.63, 3.8) is 0 Å². The van der Waals surface area contributed by atoms with Crippen LogP contribution in [0, 0.1) is 0 Å². The lowest BCUT2D eigenvalue weighted by Gasteiger charge is -2.44. The molecular formula is C20H24O3Si. The molecule has 4 heteroatoms. The number of carbonyl (C=O) groups is 1. The molecule has 0 unspecified atom stereocenters. The molecular weight excluding hydrogens is 316 g/mol. The molecule has 0 spiro atoms. The Morgan fingerprint density at radius 2 is 1.46 bits per heavy atom. The van der Waals surface area contributed by atoms with Gasteiger partial charge in [0.2, 0.25) is 0 Å². The Balaban J connectivity index is 2.15. The van der Waals surface area contributed by atoms with E-state index in [-0.39, 0.29) is 17.1 Å². The topological polar surface area (TPSA) is 35.5 Å². The summed E-state index contributed by atoms with van der Waals surface area (Å²) in [5, 5.41) is 2.37. The van der Waals surface area contributed by atoms with Crippen molar-refractivity contribution in [2.75, 3.05) is 6.61 Å². The van der Waals surface area contributed by atoms with Crippen LogP contribution < -0.4 is 10.4 Å². The van der Waals surface area contributed by atoms with Gasteiger partial charge < -0.3 is 9.16 Å². The van der Waals surface area contributed by atoms with Crippen LogP contribution in [0.2, 0.25) is 5.04 Å². The first-order chi connectivity index (χ1) is 11.4. The summed E-state index contributed by atoms with van der Waals surface area (Å²) in [6.45, 7) is 7.05. The zero-order valence-corrected chi connectivity index (χ0v) is 15.5. The average molecular weight is 340 g/mol. The van der Waals surface area contributed by atoms with E-state index in [1.54, 1.807) is 0 Å². The van der Waals surface area contributed by atoms with E-state index in [0.29, 0.717) is 13.0 Å². The molecule has 0 bridgehead atoms. The van der Waals surface area contributed by atoms with Crippen LogP contribution in [0.25, 0.3) is 0 Å². The van der Waals surface area contributed by atoms with Crippen molar-refractivity contribution in [1.29, 1.82) is 0 Å². The summed E-state index contributed by atoms with van der Waals surface area (Å²) < 4.78 is 12.0. The predicted octanol–water partition coefficient (Wildman–Crippen LogP) is 2.88. The Bertz CT molecular complexity index is 652. The minimum atomic E-state index is -2.58. The van der Waals surface area contributed by atoms with Crippen LogP contribution in [0.4, 0.5) is 0 Å². The monoisotopic (exact) mass is 340 g/mol. The Morgan fingerprint density at radius 3 is 1.83 bits per heavy atom. The number of cyclic esters (lactones) is 1.